The van der Waals surface area contributed by atoms with Gasteiger partial charge in [-0.15, -0.1) is 0 Å². The van der Waals surface area contributed by atoms with Crippen LogP contribution in [-0.2, 0) is 35.3 Å². The summed E-state index contributed by atoms with van der Waals surface area (Å²) in [5.74, 6) is 2.30. The molecule has 43 heavy (non-hydrogen) atoms. The molecule has 0 aliphatic heterocycles. The molecule has 2 heterocycles. The van der Waals surface area contributed by atoms with Crippen molar-refractivity contribution in [1.82, 2.24) is 20.4 Å². The first kappa shape index (κ1) is 30.0. The van der Waals surface area contributed by atoms with Crippen molar-refractivity contribution in [2.24, 2.45) is 0 Å². The highest BCUT2D eigenvalue weighted by Crippen LogP contribution is 2.38. The van der Waals surface area contributed by atoms with Gasteiger partial charge in [0, 0.05) is 24.7 Å². The summed E-state index contributed by atoms with van der Waals surface area (Å²) in [6, 6.07) is 23.0. The standard InChI is InChI=1S/C35H38N4O4/c1-42-32-13-7-24(8-14-32)19-30(40)22-28-11-17-34(38-36-28)26-5-3-4-6-27(21-26)35-18-12-29(37-39-35)23-31(41)20-25-9-15-33(43-2)16-10-25/h7-18,26-27H,3-6,19-23H2,1-2H3/t26-,27-/m0/s1. The fourth-order valence-electron chi connectivity index (χ4n) is 5.73. The highest BCUT2D eigenvalue weighted by Gasteiger charge is 2.25. The Hall–Kier alpha value is -4.46. The van der Waals surface area contributed by atoms with Crippen LogP contribution in [0.3, 0.4) is 0 Å². The van der Waals surface area contributed by atoms with Crippen molar-refractivity contribution >= 4 is 11.6 Å². The molecule has 5 rings (SSSR count). The number of ketones is 2. The van der Waals surface area contributed by atoms with E-state index < -0.39 is 0 Å². The highest BCUT2D eigenvalue weighted by molar-refractivity contribution is 5.83. The Bertz CT molecular complexity index is 1370. The van der Waals surface area contributed by atoms with Gasteiger partial charge in [0.05, 0.1) is 49.8 Å². The minimum Gasteiger partial charge on any atom is -0.497 e. The Balaban J connectivity index is 1.14. The van der Waals surface area contributed by atoms with E-state index in [0.29, 0.717) is 24.2 Å². The van der Waals surface area contributed by atoms with Crippen molar-refractivity contribution in [3.05, 3.63) is 107 Å². The fourth-order valence-corrected chi connectivity index (χ4v) is 5.73. The summed E-state index contributed by atoms with van der Waals surface area (Å²) in [5.41, 5.74) is 5.22. The Morgan fingerprint density at radius 1 is 0.581 bits per heavy atom. The predicted octanol–water partition coefficient (Wildman–Crippen LogP) is 5.82. The molecule has 0 saturated heterocycles. The summed E-state index contributed by atoms with van der Waals surface area (Å²) in [6.07, 6.45) is 6.50. The van der Waals surface area contributed by atoms with Crippen LogP contribution in [0.2, 0.25) is 0 Å². The normalized spacial score (nSPS) is 16.7. The number of aromatic nitrogens is 4. The van der Waals surface area contributed by atoms with Gasteiger partial charge in [-0.1, -0.05) is 37.1 Å². The first-order chi connectivity index (χ1) is 21.0. The molecule has 8 heteroatoms. The average Bonchev–Trinajstić information content (AvgIpc) is 3.29. The van der Waals surface area contributed by atoms with Crippen molar-refractivity contribution in [3.63, 3.8) is 0 Å². The molecule has 1 fully saturated rings. The van der Waals surface area contributed by atoms with Crippen LogP contribution in [0, 0.1) is 0 Å². The lowest BCUT2D eigenvalue weighted by molar-refractivity contribution is -0.118. The Morgan fingerprint density at radius 3 is 1.35 bits per heavy atom. The van der Waals surface area contributed by atoms with E-state index in [9.17, 15) is 9.59 Å². The minimum atomic E-state index is 0.103. The van der Waals surface area contributed by atoms with Crippen LogP contribution < -0.4 is 9.47 Å². The third kappa shape index (κ3) is 8.53. The summed E-state index contributed by atoms with van der Waals surface area (Å²) in [4.78, 5) is 25.2. The molecule has 2 aromatic carbocycles. The molecule has 2 aromatic heterocycles. The van der Waals surface area contributed by atoms with Crippen molar-refractivity contribution < 1.29 is 19.1 Å². The quantitative estimate of drug-likeness (QED) is 0.194. The third-order valence-electron chi connectivity index (χ3n) is 8.12. The molecule has 0 N–H and O–H groups in total. The van der Waals surface area contributed by atoms with Crippen LogP contribution in [0.25, 0.3) is 0 Å². The summed E-state index contributed by atoms with van der Waals surface area (Å²) >= 11 is 0. The molecule has 4 aromatic rings. The SMILES string of the molecule is COc1ccc(CC(=O)Cc2ccc([C@H]3CCCC[C@H](c4ccc(CC(=O)Cc5ccc(OC)cc5)nn4)C3)nn2)cc1. The van der Waals surface area contributed by atoms with Crippen LogP contribution in [0.1, 0.15) is 77.8 Å². The van der Waals surface area contributed by atoms with E-state index in [2.05, 4.69) is 20.4 Å². The van der Waals surface area contributed by atoms with Gasteiger partial charge in [-0.05, 0) is 78.9 Å². The highest BCUT2D eigenvalue weighted by atomic mass is 16.5. The van der Waals surface area contributed by atoms with Gasteiger partial charge in [-0.3, -0.25) is 9.59 Å². The topological polar surface area (TPSA) is 104 Å². The molecular weight excluding hydrogens is 540 g/mol. The van der Waals surface area contributed by atoms with Crippen LogP contribution in [0.15, 0.2) is 72.8 Å². The first-order valence-electron chi connectivity index (χ1n) is 14.9. The van der Waals surface area contributed by atoms with Crippen LogP contribution in [0.4, 0.5) is 0 Å². The smallest absolute Gasteiger partial charge is 0.143 e. The van der Waals surface area contributed by atoms with E-state index in [-0.39, 0.29) is 36.2 Å². The molecule has 222 valence electrons. The number of ether oxygens (including phenoxy) is 2. The second kappa shape index (κ2) is 14.6. The van der Waals surface area contributed by atoms with E-state index in [4.69, 9.17) is 9.47 Å². The van der Waals surface area contributed by atoms with Crippen molar-refractivity contribution in [1.29, 1.82) is 0 Å². The minimum absolute atomic E-state index is 0.103. The second-order valence-electron chi connectivity index (χ2n) is 11.3. The van der Waals surface area contributed by atoms with Gasteiger partial charge in [0.2, 0.25) is 0 Å². The van der Waals surface area contributed by atoms with Crippen molar-refractivity contribution in [2.75, 3.05) is 14.2 Å². The molecule has 1 aliphatic carbocycles. The molecule has 0 bridgehead atoms. The zero-order valence-electron chi connectivity index (χ0n) is 24.9. The maximum Gasteiger partial charge on any atom is 0.143 e. The Labute approximate surface area is 252 Å². The monoisotopic (exact) mass is 578 g/mol. The number of nitrogens with zero attached hydrogens (tertiary/aromatic N) is 4. The van der Waals surface area contributed by atoms with Gasteiger partial charge >= 0.3 is 0 Å². The number of carbonyl (C=O) groups is 2. The predicted molar refractivity (Wildman–Crippen MR) is 163 cm³/mol. The van der Waals surface area contributed by atoms with Crippen LogP contribution >= 0.6 is 0 Å². The molecule has 1 aliphatic rings. The second-order valence-corrected chi connectivity index (χ2v) is 11.3. The van der Waals surface area contributed by atoms with E-state index in [1.165, 1.54) is 0 Å². The molecule has 8 nitrogen and oxygen atoms in total. The number of rotatable bonds is 12. The van der Waals surface area contributed by atoms with Gasteiger partial charge in [0.1, 0.15) is 23.1 Å². The van der Waals surface area contributed by atoms with E-state index in [1.54, 1.807) is 14.2 Å². The van der Waals surface area contributed by atoms with Crippen molar-refractivity contribution in [2.45, 2.75) is 69.6 Å². The summed E-state index contributed by atoms with van der Waals surface area (Å²) in [5, 5.41) is 17.9. The number of carbonyl (C=O) groups excluding carboxylic acids is 2. The number of hydrogen-bond acceptors (Lipinski definition) is 8. The maximum absolute atomic E-state index is 12.6. The number of hydrogen-bond donors (Lipinski definition) is 0. The summed E-state index contributed by atoms with van der Waals surface area (Å²) in [7, 11) is 3.25. The Morgan fingerprint density at radius 2 is 1.00 bits per heavy atom. The van der Waals surface area contributed by atoms with Gasteiger partial charge < -0.3 is 9.47 Å². The van der Waals surface area contributed by atoms with Crippen molar-refractivity contribution in [3.8, 4) is 11.5 Å². The lowest BCUT2D eigenvalue weighted by atomic mass is 9.88. The van der Waals surface area contributed by atoms with Gasteiger partial charge in [-0.25, -0.2) is 0 Å². The molecule has 0 amide bonds. The van der Waals surface area contributed by atoms with Gasteiger partial charge in [-0.2, -0.15) is 20.4 Å². The van der Waals surface area contributed by atoms with Gasteiger partial charge in [0.15, 0.2) is 0 Å². The van der Waals surface area contributed by atoms with Gasteiger partial charge in [0.25, 0.3) is 0 Å². The molecule has 0 radical (unpaired) electrons. The first-order valence-corrected chi connectivity index (χ1v) is 14.9. The molecule has 1 saturated carbocycles. The average molecular weight is 579 g/mol. The maximum atomic E-state index is 12.6. The summed E-state index contributed by atoms with van der Waals surface area (Å²) < 4.78 is 10.4. The molecule has 0 unspecified atom stereocenters. The van der Waals surface area contributed by atoms with E-state index >= 15 is 0 Å². The van der Waals surface area contributed by atoms with Crippen LogP contribution in [-0.4, -0.2) is 46.2 Å². The third-order valence-corrected chi connectivity index (χ3v) is 8.12. The van der Waals surface area contributed by atoms with Crippen LogP contribution in [0.5, 0.6) is 11.5 Å². The fraction of sp³-hybridized carbons (Fsp3) is 0.371. The zero-order chi connectivity index (χ0) is 30.0. The summed E-state index contributed by atoms with van der Waals surface area (Å²) in [6.45, 7) is 0. The van der Waals surface area contributed by atoms with E-state index in [0.717, 1.165) is 66.1 Å². The molecular formula is C35H38N4O4. The zero-order valence-corrected chi connectivity index (χ0v) is 24.9. The molecule has 2 atom stereocenters. The molecule has 0 spiro atoms. The number of Topliss-reactive ketones (excluding diaryl/α,β-unsaturated/α-hetero) is 2. The Kier molecular flexibility index (Phi) is 10.2. The number of methoxy groups -OCH3 is 2. The lowest BCUT2D eigenvalue weighted by Crippen LogP contribution is -2.12. The largest absolute Gasteiger partial charge is 0.497 e. The number of benzene rings is 2. The lowest BCUT2D eigenvalue weighted by Gasteiger charge is -2.19. The van der Waals surface area contributed by atoms with E-state index in [1.807, 2.05) is 72.8 Å².